The molecule has 1 aliphatic rings. The summed E-state index contributed by atoms with van der Waals surface area (Å²) in [7, 11) is 0. The first kappa shape index (κ1) is 13.1. The summed E-state index contributed by atoms with van der Waals surface area (Å²) >= 11 is 0. The maximum atomic E-state index is 12.1. The molecule has 0 bridgehead atoms. The first-order valence-corrected chi connectivity index (χ1v) is 6.45. The van der Waals surface area contributed by atoms with Gasteiger partial charge in [0.2, 0.25) is 0 Å². The van der Waals surface area contributed by atoms with E-state index in [0.29, 0.717) is 11.6 Å². The summed E-state index contributed by atoms with van der Waals surface area (Å²) < 4.78 is 0. The Kier molecular flexibility index (Phi) is 4.33. The van der Waals surface area contributed by atoms with E-state index in [1.807, 2.05) is 6.07 Å². The van der Waals surface area contributed by atoms with Crippen molar-refractivity contribution >= 4 is 5.91 Å². The lowest BCUT2D eigenvalue weighted by Gasteiger charge is -2.30. The Balaban J connectivity index is 2.02. The highest BCUT2D eigenvalue weighted by Crippen LogP contribution is 2.10. The second kappa shape index (κ2) is 5.98. The van der Waals surface area contributed by atoms with Gasteiger partial charge in [0.05, 0.1) is 6.61 Å². The molecule has 3 N–H and O–H groups in total. The summed E-state index contributed by atoms with van der Waals surface area (Å²) in [6.45, 7) is 3.07. The quantitative estimate of drug-likeness (QED) is 0.749. The first-order chi connectivity index (χ1) is 8.70. The third-order valence-electron chi connectivity index (χ3n) is 3.45. The molecule has 1 aliphatic heterocycles. The summed E-state index contributed by atoms with van der Waals surface area (Å²) in [6.07, 6.45) is 2.10. The Bertz CT molecular complexity index is 420. The molecule has 1 amide bonds. The second-order valence-corrected chi connectivity index (χ2v) is 4.82. The van der Waals surface area contributed by atoms with E-state index >= 15 is 0 Å². The Labute approximate surface area is 107 Å². The predicted octanol–water partition coefficient (Wildman–Crippen LogP) is 1.05. The number of piperidine rings is 1. The van der Waals surface area contributed by atoms with Crippen LogP contribution in [0.25, 0.3) is 0 Å². The molecule has 1 heterocycles. The standard InChI is InChI=1S/C14H20N2O2/c1-10-13(6-3-7-15-10)16-14(18)12-5-2-4-11(8-12)9-17/h2,4-5,8,10,13,15,17H,3,6-7,9H2,1H3,(H,16,18)/t10-,13+/m0/s1. The first-order valence-electron chi connectivity index (χ1n) is 6.45. The SMILES string of the molecule is C[C@@H]1NCCC[C@H]1NC(=O)c1cccc(CO)c1. The van der Waals surface area contributed by atoms with Gasteiger partial charge in [-0.3, -0.25) is 4.79 Å². The lowest BCUT2D eigenvalue weighted by atomic mass is 9.99. The molecule has 0 spiro atoms. The molecule has 1 saturated heterocycles. The molecule has 98 valence electrons. The Morgan fingerprint density at radius 3 is 3.11 bits per heavy atom. The van der Waals surface area contributed by atoms with Crippen LogP contribution in [-0.2, 0) is 6.61 Å². The van der Waals surface area contributed by atoms with Gasteiger partial charge in [0, 0.05) is 17.6 Å². The molecule has 1 fully saturated rings. The number of carbonyl (C=O) groups excluding carboxylic acids is 1. The monoisotopic (exact) mass is 248 g/mol. The number of hydrogen-bond donors (Lipinski definition) is 3. The van der Waals surface area contributed by atoms with Crippen LogP contribution in [0.4, 0.5) is 0 Å². The zero-order valence-electron chi connectivity index (χ0n) is 10.6. The second-order valence-electron chi connectivity index (χ2n) is 4.82. The molecule has 1 aromatic carbocycles. The number of rotatable bonds is 3. The molecule has 0 aliphatic carbocycles. The molecule has 2 atom stereocenters. The highest BCUT2D eigenvalue weighted by Gasteiger charge is 2.22. The minimum atomic E-state index is -0.0640. The van der Waals surface area contributed by atoms with Gasteiger partial charge in [0.25, 0.3) is 5.91 Å². The normalized spacial score (nSPS) is 23.7. The number of aliphatic hydroxyl groups excluding tert-OH is 1. The molecule has 18 heavy (non-hydrogen) atoms. The van der Waals surface area contributed by atoms with Crippen LogP contribution in [0, 0.1) is 0 Å². The van der Waals surface area contributed by atoms with Gasteiger partial charge in [0.15, 0.2) is 0 Å². The molecule has 0 aromatic heterocycles. The Morgan fingerprint density at radius 2 is 2.39 bits per heavy atom. The lowest BCUT2D eigenvalue weighted by molar-refractivity contribution is 0.0919. The number of carbonyl (C=O) groups is 1. The molecule has 4 heteroatoms. The summed E-state index contributed by atoms with van der Waals surface area (Å²) in [4.78, 5) is 12.1. The van der Waals surface area contributed by atoms with Crippen LogP contribution < -0.4 is 10.6 Å². The van der Waals surface area contributed by atoms with Crippen molar-refractivity contribution in [1.29, 1.82) is 0 Å². The molecular weight excluding hydrogens is 228 g/mol. The number of amides is 1. The predicted molar refractivity (Wildman–Crippen MR) is 70.3 cm³/mol. The van der Waals surface area contributed by atoms with Gasteiger partial charge in [-0.15, -0.1) is 0 Å². The van der Waals surface area contributed by atoms with E-state index in [2.05, 4.69) is 17.6 Å². The fourth-order valence-electron chi connectivity index (χ4n) is 2.30. The van der Waals surface area contributed by atoms with Crippen LogP contribution in [-0.4, -0.2) is 29.6 Å². The maximum absolute atomic E-state index is 12.1. The van der Waals surface area contributed by atoms with E-state index in [1.165, 1.54) is 0 Å². The number of hydrogen-bond acceptors (Lipinski definition) is 3. The molecule has 1 aromatic rings. The van der Waals surface area contributed by atoms with Gasteiger partial charge in [-0.2, -0.15) is 0 Å². The van der Waals surface area contributed by atoms with E-state index in [0.717, 1.165) is 24.9 Å². The molecular formula is C14H20N2O2. The minimum Gasteiger partial charge on any atom is -0.392 e. The number of nitrogens with one attached hydrogen (secondary N) is 2. The van der Waals surface area contributed by atoms with Gasteiger partial charge in [-0.25, -0.2) is 0 Å². The van der Waals surface area contributed by atoms with Gasteiger partial charge >= 0.3 is 0 Å². The van der Waals surface area contributed by atoms with E-state index in [-0.39, 0.29) is 18.6 Å². The van der Waals surface area contributed by atoms with Crippen molar-refractivity contribution in [2.24, 2.45) is 0 Å². The highest BCUT2D eigenvalue weighted by molar-refractivity contribution is 5.94. The van der Waals surface area contributed by atoms with Gasteiger partial charge in [0.1, 0.15) is 0 Å². The van der Waals surface area contributed by atoms with Crippen molar-refractivity contribution in [2.75, 3.05) is 6.54 Å². The van der Waals surface area contributed by atoms with Crippen LogP contribution in [0.15, 0.2) is 24.3 Å². The molecule has 2 rings (SSSR count). The van der Waals surface area contributed by atoms with E-state index in [4.69, 9.17) is 5.11 Å². The Morgan fingerprint density at radius 1 is 1.56 bits per heavy atom. The van der Waals surface area contributed by atoms with Crippen molar-refractivity contribution in [1.82, 2.24) is 10.6 Å². The van der Waals surface area contributed by atoms with Crippen molar-refractivity contribution < 1.29 is 9.90 Å². The summed E-state index contributed by atoms with van der Waals surface area (Å²) in [5, 5.41) is 15.5. The van der Waals surface area contributed by atoms with Crippen LogP contribution in [0.3, 0.4) is 0 Å². The lowest BCUT2D eigenvalue weighted by Crippen LogP contribution is -2.51. The summed E-state index contributed by atoms with van der Waals surface area (Å²) in [6, 6.07) is 7.60. The topological polar surface area (TPSA) is 61.4 Å². The molecule has 4 nitrogen and oxygen atoms in total. The zero-order chi connectivity index (χ0) is 13.0. The zero-order valence-corrected chi connectivity index (χ0v) is 10.6. The van der Waals surface area contributed by atoms with Crippen LogP contribution in [0.1, 0.15) is 35.7 Å². The van der Waals surface area contributed by atoms with Gasteiger partial charge in [-0.1, -0.05) is 12.1 Å². The fourth-order valence-corrected chi connectivity index (χ4v) is 2.30. The number of aliphatic hydroxyl groups is 1. The van der Waals surface area contributed by atoms with Crippen LogP contribution in [0.5, 0.6) is 0 Å². The van der Waals surface area contributed by atoms with Crippen LogP contribution in [0.2, 0.25) is 0 Å². The smallest absolute Gasteiger partial charge is 0.251 e. The summed E-state index contributed by atoms with van der Waals surface area (Å²) in [5.74, 6) is -0.0640. The minimum absolute atomic E-state index is 0.0392. The van der Waals surface area contributed by atoms with E-state index in [1.54, 1.807) is 18.2 Å². The van der Waals surface area contributed by atoms with Gasteiger partial charge in [-0.05, 0) is 44.0 Å². The average molecular weight is 248 g/mol. The third kappa shape index (κ3) is 3.09. The van der Waals surface area contributed by atoms with Gasteiger partial charge < -0.3 is 15.7 Å². The molecule has 0 unspecified atom stereocenters. The average Bonchev–Trinajstić information content (AvgIpc) is 2.41. The van der Waals surface area contributed by atoms with Crippen molar-refractivity contribution in [2.45, 2.75) is 38.5 Å². The summed E-state index contributed by atoms with van der Waals surface area (Å²) in [5.41, 5.74) is 1.37. The van der Waals surface area contributed by atoms with Crippen LogP contribution >= 0.6 is 0 Å². The largest absolute Gasteiger partial charge is 0.392 e. The van der Waals surface area contributed by atoms with Crippen molar-refractivity contribution in [3.63, 3.8) is 0 Å². The van der Waals surface area contributed by atoms with Crippen molar-refractivity contribution in [3.05, 3.63) is 35.4 Å². The molecule has 0 saturated carbocycles. The fraction of sp³-hybridized carbons (Fsp3) is 0.500. The maximum Gasteiger partial charge on any atom is 0.251 e. The van der Waals surface area contributed by atoms with E-state index in [9.17, 15) is 4.79 Å². The number of benzene rings is 1. The van der Waals surface area contributed by atoms with E-state index < -0.39 is 0 Å². The van der Waals surface area contributed by atoms with Crippen molar-refractivity contribution in [3.8, 4) is 0 Å². The third-order valence-corrected chi connectivity index (χ3v) is 3.45. The Hall–Kier alpha value is -1.39. The highest BCUT2D eigenvalue weighted by atomic mass is 16.3. The molecule has 0 radical (unpaired) electrons.